The topological polar surface area (TPSA) is 265 Å². The number of aliphatic carboxylic acids is 2. The van der Waals surface area contributed by atoms with Crippen LogP contribution in [0.5, 0.6) is 0 Å². The SMILES string of the molecule is Nc1nc(/C(=N/OCC(=O)O)C(=O)N[C@@H]2C(=O)N3[C@@H]2[S@](=O)C[C@@H]2[C@H]([I-]C(=O)O)C(=O)O[C@@]23C(=O)O)cs1. The van der Waals surface area contributed by atoms with Gasteiger partial charge in [0.2, 0.25) is 0 Å². The number of rotatable bonds is 9. The third-order valence-corrected chi connectivity index (χ3v) is 10.4. The van der Waals surface area contributed by atoms with Crippen LogP contribution in [0.15, 0.2) is 10.5 Å². The van der Waals surface area contributed by atoms with Crippen molar-refractivity contribution in [3.8, 4) is 0 Å². The van der Waals surface area contributed by atoms with Gasteiger partial charge in [0, 0.05) is 0 Å². The van der Waals surface area contributed by atoms with Gasteiger partial charge in [0.15, 0.2) is 0 Å². The summed E-state index contributed by atoms with van der Waals surface area (Å²) in [6, 6.07) is -1.54. The Hall–Kier alpha value is -3.40. The fourth-order valence-corrected chi connectivity index (χ4v) is 9.03. The maximum absolute atomic E-state index is 13.1. The van der Waals surface area contributed by atoms with E-state index in [1.54, 1.807) is 0 Å². The third kappa shape index (κ3) is 4.47. The van der Waals surface area contributed by atoms with Crippen LogP contribution < -0.4 is 32.3 Å². The molecular weight excluding hydrogens is 657 g/mol. The number of nitrogens with two attached hydrogens (primary N) is 1. The summed E-state index contributed by atoms with van der Waals surface area (Å²) >= 11 is -1.02. The average molecular weight is 672 g/mol. The van der Waals surface area contributed by atoms with E-state index in [2.05, 4.69) is 20.3 Å². The van der Waals surface area contributed by atoms with Gasteiger partial charge in [0.25, 0.3) is 0 Å². The summed E-state index contributed by atoms with van der Waals surface area (Å²) in [5.41, 5.74) is 2.30. The second kappa shape index (κ2) is 9.81. The Bertz CT molecular complexity index is 1280. The summed E-state index contributed by atoms with van der Waals surface area (Å²) < 4.78 is 15.5. The molecule has 3 aliphatic rings. The van der Waals surface area contributed by atoms with Crippen molar-refractivity contribution in [2.75, 3.05) is 18.1 Å². The maximum atomic E-state index is 13.1. The molecule has 6 N–H and O–H groups in total. The molecule has 4 heterocycles. The van der Waals surface area contributed by atoms with Crippen LogP contribution in [0.25, 0.3) is 0 Å². The Morgan fingerprint density at radius 2 is 2.05 bits per heavy atom. The first-order chi connectivity index (χ1) is 17.4. The van der Waals surface area contributed by atoms with E-state index >= 15 is 0 Å². The number of aromatic nitrogens is 1. The summed E-state index contributed by atoms with van der Waals surface area (Å²) in [6.45, 7) is -0.910. The number of oxime groups is 1. The second-order valence-corrected chi connectivity index (χ2v) is 12.9. The Morgan fingerprint density at radius 3 is 2.62 bits per heavy atom. The van der Waals surface area contributed by atoms with E-state index in [0.717, 1.165) is 11.3 Å². The number of ether oxygens (including phenoxy) is 1. The molecule has 3 aliphatic heterocycles. The number of anilines is 1. The van der Waals surface area contributed by atoms with E-state index in [1.807, 2.05) is 0 Å². The van der Waals surface area contributed by atoms with Gasteiger partial charge in [-0.1, -0.05) is 0 Å². The second-order valence-electron chi connectivity index (χ2n) is 7.57. The number of amides is 2. The molecule has 0 bridgehead atoms. The number of fused-ring (bicyclic) bond motifs is 3. The van der Waals surface area contributed by atoms with Crippen molar-refractivity contribution in [1.29, 1.82) is 0 Å². The number of carboxylic acids is 2. The standard InChI is InChI=1S/C17H15IN5O12S2/c19-16-20-5(2-36-16)8(22-34-1-6(24)25)10(26)21-9-11(27)23-12(9)37(33)3-4-7(18-15(31)32)13(28)35-17(4,23)14(29)30/h2,4,7,9,12H,1,3H2,(H2,19,20)(H,21,26)(H,24,25)(H,29,30)(H,31,32)/q-1/b22-8-/t4-,7+,9-,12-,17-,37-/m1/s1. The number of hydrogen-bond acceptors (Lipinski definition) is 13. The molecule has 0 radical (unpaired) electrons. The van der Waals surface area contributed by atoms with Gasteiger partial charge in [-0.15, -0.1) is 0 Å². The van der Waals surface area contributed by atoms with Crippen LogP contribution in [-0.2, 0) is 44.3 Å². The third-order valence-electron chi connectivity index (χ3n) is 5.48. The zero-order valence-electron chi connectivity index (χ0n) is 17.9. The van der Waals surface area contributed by atoms with Gasteiger partial charge in [-0.3, -0.25) is 0 Å². The number of nitrogens with one attached hydrogen (secondary N) is 1. The van der Waals surface area contributed by atoms with Crippen molar-refractivity contribution < 1.29 is 79.1 Å². The normalized spacial score (nSPS) is 30.5. The summed E-state index contributed by atoms with van der Waals surface area (Å²) in [5.74, 6) is -8.25. The quantitative estimate of drug-likeness (QED) is 0.0311. The Labute approximate surface area is 221 Å². The van der Waals surface area contributed by atoms with Crippen LogP contribution in [0.3, 0.4) is 0 Å². The first-order valence-corrected chi connectivity index (χ1v) is 14.4. The van der Waals surface area contributed by atoms with Crippen LogP contribution in [0.1, 0.15) is 5.69 Å². The predicted octanol–water partition coefficient (Wildman–Crippen LogP) is -5.96. The van der Waals surface area contributed by atoms with E-state index < -0.39 is 111 Å². The number of carboxylic acid groups (broad SMARTS) is 3. The van der Waals surface area contributed by atoms with Crippen molar-refractivity contribution >= 4 is 66.7 Å². The molecule has 0 saturated carbocycles. The van der Waals surface area contributed by atoms with Crippen molar-refractivity contribution in [1.82, 2.24) is 15.2 Å². The van der Waals surface area contributed by atoms with Crippen molar-refractivity contribution in [3.05, 3.63) is 11.1 Å². The number of thiazole rings is 1. The van der Waals surface area contributed by atoms with Gasteiger partial charge in [-0.25, -0.2) is 4.79 Å². The summed E-state index contributed by atoms with van der Waals surface area (Å²) in [7, 11) is -2.03. The molecule has 2 amide bonds. The number of hydrogen-bond donors (Lipinski definition) is 5. The van der Waals surface area contributed by atoms with E-state index in [9.17, 15) is 38.1 Å². The van der Waals surface area contributed by atoms with Gasteiger partial charge >= 0.3 is 207 Å². The van der Waals surface area contributed by atoms with E-state index in [0.29, 0.717) is 4.90 Å². The fourth-order valence-electron chi connectivity index (χ4n) is 4.06. The molecule has 20 heteroatoms. The molecular formula is C17H15IN5O12S2-. The molecule has 4 rings (SSSR count). The van der Waals surface area contributed by atoms with Gasteiger partial charge in [-0.05, 0) is 0 Å². The van der Waals surface area contributed by atoms with Gasteiger partial charge in [0.05, 0.1) is 0 Å². The number of carbonyl (C=O) groups is 6. The molecule has 0 unspecified atom stereocenters. The predicted molar refractivity (Wildman–Crippen MR) is 114 cm³/mol. The van der Waals surface area contributed by atoms with Crippen molar-refractivity contribution in [2.45, 2.75) is 21.1 Å². The van der Waals surface area contributed by atoms with Gasteiger partial charge in [0.1, 0.15) is 0 Å². The van der Waals surface area contributed by atoms with Gasteiger partial charge in [-0.2, -0.15) is 0 Å². The van der Waals surface area contributed by atoms with Crippen molar-refractivity contribution in [3.63, 3.8) is 0 Å². The van der Waals surface area contributed by atoms with Gasteiger partial charge < -0.3 is 10.8 Å². The number of halogens is 1. The molecule has 37 heavy (non-hydrogen) atoms. The number of esters is 1. The van der Waals surface area contributed by atoms with Crippen LogP contribution in [-0.4, -0.2) is 102 Å². The molecule has 0 aliphatic carbocycles. The molecule has 0 aromatic carbocycles. The molecule has 1 aromatic heterocycles. The minimum absolute atomic E-state index is 0.0317. The molecule has 0 spiro atoms. The molecule has 3 fully saturated rings. The minimum atomic E-state index is -2.57. The first kappa shape index (κ1) is 26.7. The summed E-state index contributed by atoms with van der Waals surface area (Å²) in [6.07, 6.45) is 0. The zero-order chi connectivity index (χ0) is 27.2. The average Bonchev–Trinajstić information content (AvgIpc) is 3.34. The van der Waals surface area contributed by atoms with Crippen LogP contribution >= 0.6 is 11.3 Å². The van der Waals surface area contributed by atoms with E-state index in [-0.39, 0.29) is 10.8 Å². The fraction of sp³-hybridized carbons (Fsp3) is 0.412. The Morgan fingerprint density at radius 1 is 1.35 bits per heavy atom. The Balaban J connectivity index is 1.61. The molecule has 3 saturated heterocycles. The number of β-lactam (4-membered cyclic amide) rings is 1. The zero-order valence-corrected chi connectivity index (χ0v) is 21.7. The molecule has 17 nitrogen and oxygen atoms in total. The molecule has 1 aromatic rings. The number of nitrogen functional groups attached to an aromatic ring is 1. The first-order valence-electron chi connectivity index (χ1n) is 9.85. The Kier molecular flexibility index (Phi) is 7.07. The number of alkyl halides is 1. The number of carbonyl (C=O) groups excluding carboxylic acids is 3. The van der Waals surface area contributed by atoms with Crippen LogP contribution in [0.4, 0.5) is 9.93 Å². The number of nitrogens with zero attached hydrogens (tertiary/aromatic N) is 3. The van der Waals surface area contributed by atoms with Crippen LogP contribution in [0.2, 0.25) is 0 Å². The monoisotopic (exact) mass is 672 g/mol. The van der Waals surface area contributed by atoms with E-state index in [4.69, 9.17) is 20.7 Å². The molecule has 200 valence electrons. The van der Waals surface area contributed by atoms with Crippen molar-refractivity contribution in [2.24, 2.45) is 11.1 Å². The molecule has 6 atom stereocenters. The summed E-state index contributed by atoms with van der Waals surface area (Å²) in [4.78, 5) is 81.7. The summed E-state index contributed by atoms with van der Waals surface area (Å²) in [5, 5.41) is 33.4. The van der Waals surface area contributed by atoms with Crippen LogP contribution in [0, 0.1) is 5.92 Å². The van der Waals surface area contributed by atoms with E-state index in [1.165, 1.54) is 5.38 Å².